The third-order valence-corrected chi connectivity index (χ3v) is 8.03. The van der Waals surface area contributed by atoms with Crippen molar-refractivity contribution in [1.82, 2.24) is 10.2 Å². The van der Waals surface area contributed by atoms with E-state index in [0.717, 1.165) is 0 Å². The molecule has 4 atom stereocenters. The van der Waals surface area contributed by atoms with Gasteiger partial charge in [0.05, 0.1) is 22.8 Å². The Kier molecular flexibility index (Phi) is 6.41. The molecule has 8 N–H and O–H groups in total. The molecule has 0 spiro atoms. The summed E-state index contributed by atoms with van der Waals surface area (Å²) in [5, 5.41) is 50.2. The van der Waals surface area contributed by atoms with E-state index in [4.69, 9.17) is 5.73 Å². The predicted molar refractivity (Wildman–Crippen MR) is 136 cm³/mol. The topological polar surface area (TPSA) is 203 Å². The molecule has 12 heteroatoms. The van der Waals surface area contributed by atoms with Crippen molar-refractivity contribution in [2.45, 2.75) is 43.9 Å². The van der Waals surface area contributed by atoms with Crippen molar-refractivity contribution >= 4 is 34.8 Å². The van der Waals surface area contributed by atoms with Crippen molar-refractivity contribution in [1.29, 1.82) is 0 Å². The number of rotatable bonds is 5. The van der Waals surface area contributed by atoms with Gasteiger partial charge in [0.2, 0.25) is 11.7 Å². The number of phenols is 1. The molecule has 0 heterocycles. The van der Waals surface area contributed by atoms with Crippen molar-refractivity contribution in [2.75, 3.05) is 26.5 Å². The highest BCUT2D eigenvalue weighted by molar-refractivity contribution is 6.24. The number of carbonyl (C=O) groups is 4. The Labute approximate surface area is 218 Å². The van der Waals surface area contributed by atoms with Gasteiger partial charge >= 0.3 is 0 Å². The van der Waals surface area contributed by atoms with E-state index in [9.17, 15) is 39.6 Å². The van der Waals surface area contributed by atoms with Gasteiger partial charge in [0.15, 0.2) is 11.4 Å². The van der Waals surface area contributed by atoms with Crippen LogP contribution in [0.2, 0.25) is 0 Å². The lowest BCUT2D eigenvalue weighted by molar-refractivity contribution is -0.153. The van der Waals surface area contributed by atoms with E-state index in [1.807, 2.05) is 0 Å². The number of amides is 2. The number of nitrogens with one attached hydrogen (secondary N) is 2. The lowest BCUT2D eigenvalue weighted by Gasteiger charge is -2.50. The summed E-state index contributed by atoms with van der Waals surface area (Å²) in [5.74, 6) is -7.71. The molecule has 38 heavy (non-hydrogen) atoms. The van der Waals surface area contributed by atoms with Crippen molar-refractivity contribution in [2.24, 2.45) is 17.6 Å². The van der Waals surface area contributed by atoms with Crippen LogP contribution in [0.1, 0.15) is 31.4 Å². The number of ketones is 2. The van der Waals surface area contributed by atoms with Gasteiger partial charge < -0.3 is 36.8 Å². The Morgan fingerprint density at radius 1 is 1.16 bits per heavy atom. The largest absolute Gasteiger partial charge is 0.508 e. The molecule has 1 aromatic rings. The minimum atomic E-state index is -2.71. The molecule has 12 nitrogen and oxygen atoms in total. The van der Waals surface area contributed by atoms with Gasteiger partial charge in [0.25, 0.3) is 5.91 Å². The molecule has 0 saturated heterocycles. The predicted octanol–water partition coefficient (Wildman–Crippen LogP) is -0.0995. The average molecular weight is 529 g/mol. The number of aliphatic hydroxyl groups excluding tert-OH is 2. The molecule has 1 fully saturated rings. The van der Waals surface area contributed by atoms with Gasteiger partial charge in [-0.05, 0) is 65.4 Å². The van der Waals surface area contributed by atoms with Gasteiger partial charge in [-0.25, -0.2) is 0 Å². The number of primary amides is 1. The minimum Gasteiger partial charge on any atom is -0.508 e. The second-order valence-electron chi connectivity index (χ2n) is 10.8. The van der Waals surface area contributed by atoms with E-state index >= 15 is 0 Å². The molecule has 0 bridgehead atoms. The third kappa shape index (κ3) is 3.70. The zero-order chi connectivity index (χ0) is 28.5. The quantitative estimate of drug-likeness (QED) is 0.200. The van der Waals surface area contributed by atoms with Gasteiger partial charge in [-0.3, -0.25) is 24.1 Å². The summed E-state index contributed by atoms with van der Waals surface area (Å²) in [4.78, 5) is 53.0. The molecule has 0 aromatic heterocycles. The summed E-state index contributed by atoms with van der Waals surface area (Å²) in [6, 6.07) is 1.94. The van der Waals surface area contributed by atoms with Crippen molar-refractivity contribution in [3.05, 3.63) is 40.2 Å². The fourth-order valence-corrected chi connectivity index (χ4v) is 5.71. The van der Waals surface area contributed by atoms with Crippen LogP contribution >= 0.6 is 0 Å². The number of Topliss-reactive ketones (excluding diaryl/α,β-unsaturated/α-hetero) is 2. The van der Waals surface area contributed by atoms with Crippen molar-refractivity contribution in [3.63, 3.8) is 0 Å². The van der Waals surface area contributed by atoms with Gasteiger partial charge in [0.1, 0.15) is 22.8 Å². The first-order chi connectivity index (χ1) is 17.6. The van der Waals surface area contributed by atoms with E-state index in [1.165, 1.54) is 25.1 Å². The Balaban J connectivity index is 1.87. The van der Waals surface area contributed by atoms with Crippen LogP contribution in [-0.4, -0.2) is 87.0 Å². The maximum absolute atomic E-state index is 13.8. The number of carbonyl (C=O) groups excluding carboxylic acids is 4. The molecule has 3 aliphatic carbocycles. The number of benzene rings is 1. The van der Waals surface area contributed by atoms with Gasteiger partial charge in [-0.15, -0.1) is 0 Å². The Morgan fingerprint density at radius 3 is 2.34 bits per heavy atom. The van der Waals surface area contributed by atoms with Crippen LogP contribution in [0.4, 0.5) is 5.69 Å². The lowest BCUT2D eigenvalue weighted by atomic mass is 9.57. The third-order valence-electron chi connectivity index (χ3n) is 8.03. The Bertz CT molecular complexity index is 1340. The standard InChI is InChI=1S/C26H32N4O8/c1-25(2,28-3)24(37)29-13-7-6-10-8-11-9-12-17(30(4)5)20(33)16(23(27)36)22(35)26(12,38)21(34)15(11)19(32)14(10)18(13)31/h6-7,11-12,17,28,31-32,35,38H,8-9H2,1-5H3,(H2,27,36)(H,29,37)/t11?,12?,17-,26-/m0/s1. The molecule has 0 aliphatic heterocycles. The monoisotopic (exact) mass is 528 g/mol. The van der Waals surface area contributed by atoms with E-state index in [0.29, 0.717) is 5.56 Å². The number of fused-ring (bicyclic) bond motifs is 3. The van der Waals surface area contributed by atoms with Gasteiger partial charge in [-0.1, -0.05) is 6.07 Å². The van der Waals surface area contributed by atoms with Crippen molar-refractivity contribution < 1.29 is 39.6 Å². The molecule has 1 aromatic carbocycles. The first kappa shape index (κ1) is 27.3. The number of likely N-dealkylation sites (N-methyl/N-ethyl adjacent to an activating group) is 2. The molecule has 3 aliphatic rings. The zero-order valence-corrected chi connectivity index (χ0v) is 21.7. The van der Waals surface area contributed by atoms with Crippen LogP contribution in [0.3, 0.4) is 0 Å². The number of hydrogen-bond acceptors (Lipinski definition) is 10. The van der Waals surface area contributed by atoms with E-state index in [-0.39, 0.29) is 29.7 Å². The number of aliphatic hydroxyl groups is 3. The molecule has 2 unspecified atom stereocenters. The summed E-state index contributed by atoms with van der Waals surface area (Å²) in [6.07, 6.45) is 0.166. The second-order valence-corrected chi connectivity index (χ2v) is 10.8. The van der Waals surface area contributed by atoms with Crippen LogP contribution in [0.15, 0.2) is 29.0 Å². The molecule has 204 valence electrons. The second kappa shape index (κ2) is 8.93. The summed E-state index contributed by atoms with van der Waals surface area (Å²) in [6.45, 7) is 3.27. The smallest absolute Gasteiger partial charge is 0.255 e. The van der Waals surface area contributed by atoms with E-state index in [1.54, 1.807) is 27.0 Å². The summed E-state index contributed by atoms with van der Waals surface area (Å²) >= 11 is 0. The molecule has 4 rings (SSSR count). The normalized spacial score (nSPS) is 27.2. The highest BCUT2D eigenvalue weighted by Gasteiger charge is 2.64. The minimum absolute atomic E-state index is 0.00136. The Hall–Kier alpha value is -3.74. The zero-order valence-electron chi connectivity index (χ0n) is 21.7. The van der Waals surface area contributed by atoms with Crippen molar-refractivity contribution in [3.8, 4) is 5.75 Å². The molecule has 2 amide bonds. The molecule has 0 radical (unpaired) electrons. The Morgan fingerprint density at radius 2 is 1.79 bits per heavy atom. The molecular weight excluding hydrogens is 496 g/mol. The highest BCUT2D eigenvalue weighted by atomic mass is 16.3. The summed E-state index contributed by atoms with van der Waals surface area (Å²) in [5.41, 5.74) is 0.901. The summed E-state index contributed by atoms with van der Waals surface area (Å²) in [7, 11) is 4.68. The number of nitrogens with two attached hydrogens (primary N) is 1. The number of nitrogens with zero attached hydrogens (tertiary/aromatic N) is 1. The van der Waals surface area contributed by atoms with Gasteiger partial charge in [0, 0.05) is 11.5 Å². The SMILES string of the molecule is CNC(C)(C)C(=O)Nc1ccc2c(c1O)C(O)=C1C(=O)[C@]3(O)C(O)=C(C(N)=O)C(=O)[C@@H](N(C)C)C3CC1C2. The highest BCUT2D eigenvalue weighted by Crippen LogP contribution is 2.53. The van der Waals surface area contributed by atoms with E-state index < -0.39 is 75.2 Å². The maximum Gasteiger partial charge on any atom is 0.255 e. The molecular formula is C26H32N4O8. The summed E-state index contributed by atoms with van der Waals surface area (Å²) < 4.78 is 0. The van der Waals surface area contributed by atoms with Crippen LogP contribution in [-0.2, 0) is 25.6 Å². The van der Waals surface area contributed by atoms with E-state index in [2.05, 4.69) is 10.6 Å². The first-order valence-electron chi connectivity index (χ1n) is 12.1. The number of phenolic OH excluding ortho intramolecular Hbond substituents is 1. The average Bonchev–Trinajstić information content (AvgIpc) is 2.82. The first-order valence-corrected chi connectivity index (χ1v) is 12.1. The number of anilines is 1. The fraction of sp³-hybridized carbons (Fsp3) is 0.462. The molecule has 1 saturated carbocycles. The van der Waals surface area contributed by atoms with Gasteiger partial charge in [-0.2, -0.15) is 0 Å². The van der Waals surface area contributed by atoms with Crippen LogP contribution in [0.5, 0.6) is 5.75 Å². The van der Waals surface area contributed by atoms with Crippen LogP contribution < -0.4 is 16.4 Å². The van der Waals surface area contributed by atoms with Crippen LogP contribution in [0, 0.1) is 11.8 Å². The number of hydrogen-bond donors (Lipinski definition) is 7. The fourth-order valence-electron chi connectivity index (χ4n) is 5.71. The van der Waals surface area contributed by atoms with Crippen LogP contribution in [0.25, 0.3) is 5.76 Å². The number of aromatic hydroxyl groups is 1. The maximum atomic E-state index is 13.8. The lowest BCUT2D eigenvalue weighted by Crippen LogP contribution is -2.65.